The van der Waals surface area contributed by atoms with Gasteiger partial charge in [-0.25, -0.2) is 9.97 Å². The Morgan fingerprint density at radius 3 is 2.59 bits per heavy atom. The molecule has 1 atom stereocenters. The van der Waals surface area contributed by atoms with Gasteiger partial charge in [0.25, 0.3) is 0 Å². The van der Waals surface area contributed by atoms with E-state index >= 15 is 0 Å². The molecule has 5 heteroatoms. The van der Waals surface area contributed by atoms with Crippen molar-refractivity contribution in [2.24, 2.45) is 5.92 Å². The van der Waals surface area contributed by atoms with Crippen molar-refractivity contribution in [1.82, 2.24) is 9.97 Å². The van der Waals surface area contributed by atoms with Crippen LogP contribution < -0.4 is 5.32 Å². The number of hydrogen-bond donors (Lipinski definition) is 1. The summed E-state index contributed by atoms with van der Waals surface area (Å²) >= 11 is 5.84. The maximum Gasteiger partial charge on any atom is 0.156 e. The smallest absolute Gasteiger partial charge is 0.156 e. The largest absolute Gasteiger partial charge is 0.367 e. The fourth-order valence-corrected chi connectivity index (χ4v) is 2.10. The van der Waals surface area contributed by atoms with Crippen LogP contribution in [0.5, 0.6) is 0 Å². The molecule has 1 N–H and O–H groups in total. The Labute approximate surface area is 107 Å². The van der Waals surface area contributed by atoms with E-state index in [4.69, 9.17) is 11.6 Å². The molecule has 1 aromatic rings. The van der Waals surface area contributed by atoms with E-state index in [1.165, 1.54) is 6.33 Å². The number of nitrogens with one attached hydrogen (secondary N) is 1. The number of carbonyl (C=O) groups excluding carboxylic acids is 1. The number of aldehydes is 1. The molecule has 94 valence electrons. The highest BCUT2D eigenvalue weighted by Gasteiger charge is 2.16. The van der Waals surface area contributed by atoms with Gasteiger partial charge in [0.05, 0.1) is 5.56 Å². The van der Waals surface area contributed by atoms with Gasteiger partial charge < -0.3 is 5.32 Å². The first-order valence-corrected chi connectivity index (χ1v) is 6.24. The van der Waals surface area contributed by atoms with Gasteiger partial charge in [-0.15, -0.1) is 0 Å². The lowest BCUT2D eigenvalue weighted by molar-refractivity contribution is 0.112. The predicted molar refractivity (Wildman–Crippen MR) is 69.6 cm³/mol. The Morgan fingerprint density at radius 1 is 1.41 bits per heavy atom. The lowest BCUT2D eigenvalue weighted by atomic mass is 9.95. The van der Waals surface area contributed by atoms with Crippen LogP contribution in [0.1, 0.15) is 44.0 Å². The molecule has 0 saturated heterocycles. The third-order valence-electron chi connectivity index (χ3n) is 3.07. The Hall–Kier alpha value is -1.16. The molecule has 1 unspecified atom stereocenters. The van der Waals surface area contributed by atoms with Crippen LogP contribution >= 0.6 is 11.6 Å². The van der Waals surface area contributed by atoms with Crippen LogP contribution in [-0.4, -0.2) is 22.3 Å². The average molecular weight is 256 g/mol. The summed E-state index contributed by atoms with van der Waals surface area (Å²) in [6.45, 7) is 6.39. The van der Waals surface area contributed by atoms with Gasteiger partial charge in [-0.05, 0) is 12.8 Å². The van der Waals surface area contributed by atoms with E-state index in [1.807, 2.05) is 0 Å². The number of carbonyl (C=O) groups is 1. The van der Waals surface area contributed by atoms with E-state index < -0.39 is 0 Å². The van der Waals surface area contributed by atoms with E-state index in [1.54, 1.807) is 0 Å². The molecule has 1 aromatic heterocycles. The van der Waals surface area contributed by atoms with E-state index in [0.717, 1.165) is 12.8 Å². The maximum absolute atomic E-state index is 10.9. The third kappa shape index (κ3) is 3.40. The Morgan fingerprint density at radius 2 is 2.06 bits per heavy atom. The van der Waals surface area contributed by atoms with Gasteiger partial charge >= 0.3 is 0 Å². The van der Waals surface area contributed by atoms with Crippen molar-refractivity contribution in [1.29, 1.82) is 0 Å². The molecule has 0 spiro atoms. The van der Waals surface area contributed by atoms with Gasteiger partial charge in [0.15, 0.2) is 6.29 Å². The number of hydrogen-bond acceptors (Lipinski definition) is 4. The molecule has 0 aliphatic heterocycles. The topological polar surface area (TPSA) is 54.9 Å². The molecule has 17 heavy (non-hydrogen) atoms. The van der Waals surface area contributed by atoms with Crippen LogP contribution in [-0.2, 0) is 0 Å². The van der Waals surface area contributed by atoms with E-state index in [9.17, 15) is 4.79 Å². The zero-order valence-corrected chi connectivity index (χ0v) is 11.2. The van der Waals surface area contributed by atoms with Crippen LogP contribution in [0, 0.1) is 5.92 Å². The van der Waals surface area contributed by atoms with Crippen molar-refractivity contribution >= 4 is 23.7 Å². The van der Waals surface area contributed by atoms with Gasteiger partial charge in [-0.2, -0.15) is 0 Å². The number of nitrogens with zero attached hydrogens (tertiary/aromatic N) is 2. The minimum atomic E-state index is 0.189. The highest BCUT2D eigenvalue weighted by Crippen LogP contribution is 2.21. The summed E-state index contributed by atoms with van der Waals surface area (Å²) < 4.78 is 0. The summed E-state index contributed by atoms with van der Waals surface area (Å²) in [6.07, 6.45) is 4.21. The summed E-state index contributed by atoms with van der Waals surface area (Å²) in [7, 11) is 0. The van der Waals surface area contributed by atoms with E-state index in [-0.39, 0.29) is 11.2 Å². The minimum Gasteiger partial charge on any atom is -0.367 e. The molecule has 0 bridgehead atoms. The summed E-state index contributed by atoms with van der Waals surface area (Å²) in [5, 5.41) is 3.43. The normalized spacial score (nSPS) is 12.5. The van der Waals surface area contributed by atoms with Gasteiger partial charge in [-0.3, -0.25) is 4.79 Å². The van der Waals surface area contributed by atoms with Crippen LogP contribution in [0.4, 0.5) is 5.82 Å². The minimum absolute atomic E-state index is 0.189. The molecular weight excluding hydrogens is 238 g/mol. The lowest BCUT2D eigenvalue weighted by Crippen LogP contribution is -2.26. The van der Waals surface area contributed by atoms with Gasteiger partial charge in [0, 0.05) is 6.04 Å². The van der Waals surface area contributed by atoms with Crippen molar-refractivity contribution in [2.45, 2.75) is 39.7 Å². The predicted octanol–water partition coefficient (Wildman–Crippen LogP) is 3.18. The lowest BCUT2D eigenvalue weighted by Gasteiger charge is -2.23. The van der Waals surface area contributed by atoms with Gasteiger partial charge in [0.1, 0.15) is 17.3 Å². The second kappa shape index (κ2) is 6.55. The molecule has 0 amide bonds. The summed E-state index contributed by atoms with van der Waals surface area (Å²) in [5.74, 6) is 1.06. The van der Waals surface area contributed by atoms with Gasteiger partial charge in [0.2, 0.25) is 0 Å². The standard InChI is InChI=1S/C12H18ClN3O/c1-4-9(5-2)8(3)16-12-10(6-17)11(13)14-7-15-12/h6-9H,4-5H2,1-3H3,(H,14,15,16). The number of anilines is 1. The Balaban J connectivity index is 2.87. The molecule has 0 aliphatic carbocycles. The van der Waals surface area contributed by atoms with Crippen molar-refractivity contribution in [3.63, 3.8) is 0 Å². The average Bonchev–Trinajstić information content (AvgIpc) is 2.31. The first-order chi connectivity index (χ1) is 8.13. The van der Waals surface area contributed by atoms with Gasteiger partial charge in [-0.1, -0.05) is 38.3 Å². The van der Waals surface area contributed by atoms with Crippen LogP contribution in [0.2, 0.25) is 5.15 Å². The first-order valence-electron chi connectivity index (χ1n) is 5.86. The maximum atomic E-state index is 10.9. The van der Waals surface area contributed by atoms with E-state index in [0.29, 0.717) is 23.6 Å². The quantitative estimate of drug-likeness (QED) is 0.627. The molecule has 1 heterocycles. The zero-order chi connectivity index (χ0) is 12.8. The van der Waals surface area contributed by atoms with Crippen LogP contribution in [0.25, 0.3) is 0 Å². The molecule has 4 nitrogen and oxygen atoms in total. The monoisotopic (exact) mass is 255 g/mol. The van der Waals surface area contributed by atoms with Crippen molar-refractivity contribution < 1.29 is 4.79 Å². The molecule has 0 radical (unpaired) electrons. The molecule has 0 aromatic carbocycles. The number of aromatic nitrogens is 2. The highest BCUT2D eigenvalue weighted by atomic mass is 35.5. The van der Waals surface area contributed by atoms with E-state index in [2.05, 4.69) is 36.1 Å². The second-order valence-electron chi connectivity index (χ2n) is 4.05. The second-order valence-corrected chi connectivity index (χ2v) is 4.41. The Kier molecular flexibility index (Phi) is 5.35. The van der Waals surface area contributed by atoms with Crippen LogP contribution in [0.15, 0.2) is 6.33 Å². The molecule has 0 fully saturated rings. The number of rotatable bonds is 6. The fourth-order valence-electron chi connectivity index (χ4n) is 1.92. The highest BCUT2D eigenvalue weighted by molar-refractivity contribution is 6.32. The third-order valence-corrected chi connectivity index (χ3v) is 3.37. The SMILES string of the molecule is CCC(CC)C(C)Nc1ncnc(Cl)c1C=O. The fraction of sp³-hybridized carbons (Fsp3) is 0.583. The molecule has 1 rings (SSSR count). The summed E-state index contributed by atoms with van der Waals surface area (Å²) in [6, 6.07) is 0.245. The Bertz CT molecular complexity index is 380. The van der Waals surface area contributed by atoms with Crippen molar-refractivity contribution in [3.8, 4) is 0 Å². The summed E-state index contributed by atoms with van der Waals surface area (Å²) in [5.41, 5.74) is 0.326. The number of halogens is 1. The molecule has 0 saturated carbocycles. The van der Waals surface area contributed by atoms with Crippen LogP contribution in [0.3, 0.4) is 0 Å². The molecule has 0 aliphatic rings. The van der Waals surface area contributed by atoms with Crippen molar-refractivity contribution in [3.05, 3.63) is 17.0 Å². The molecular formula is C12H18ClN3O. The first kappa shape index (κ1) is 13.9. The zero-order valence-electron chi connectivity index (χ0n) is 10.4. The van der Waals surface area contributed by atoms with Crippen molar-refractivity contribution in [2.75, 3.05) is 5.32 Å². The summed E-state index contributed by atoms with van der Waals surface area (Å²) in [4.78, 5) is 18.8.